The van der Waals surface area contributed by atoms with Crippen LogP contribution in [0.2, 0.25) is 36.3 Å². The second kappa shape index (κ2) is 43.8. The average Bonchev–Trinajstić information content (AvgIpc) is 1.76. The van der Waals surface area contributed by atoms with Gasteiger partial charge in [0.25, 0.3) is 11.8 Å². The van der Waals surface area contributed by atoms with Crippen LogP contribution in [-0.4, -0.2) is 200 Å². The molecule has 10 amide bonds. The van der Waals surface area contributed by atoms with Gasteiger partial charge in [-0.25, -0.2) is 19.2 Å². The Morgan fingerprint density at radius 2 is 0.857 bits per heavy atom. The number of carboxylic acid groups (broad SMARTS) is 2. The number of anilines is 4. The average molecular weight is 1690 g/mol. The predicted molar refractivity (Wildman–Crippen MR) is 464 cm³/mol. The SMILES string of the molecule is C=CCOC(=O)N[C@H](C(=O)N[C@@H](C)C(=O)Nc1ccc(CN(C(=O)O)c2cc(OCCCCCOc3cc(N(Cc4ccc(NC(=O)[C@H](C)NC(=O)[C@@H](NC(=O)OCC=C)C(C)C)cc4)C(=O)O)c(C(=O)N4C/C(=C/C)C[C@H]4CO[Si](C)(C)C(C)(C)C)cc3OC)c(OC)cc2C(=O)N2C/C(=C/C)C[C@H]2CO[Si](C)(C)C(C)(C)C)cc1)C(C)C. The monoisotopic (exact) mass is 1690 g/mol. The van der Waals surface area contributed by atoms with Crippen molar-refractivity contribution in [2.45, 2.75) is 215 Å². The van der Waals surface area contributed by atoms with Crippen LogP contribution in [0.15, 0.2) is 121 Å². The number of nitrogens with one attached hydrogen (secondary N) is 6. The lowest BCUT2D eigenvalue weighted by atomic mass is 10.0. The number of hydrogen-bond acceptors (Lipinski definition) is 18. The summed E-state index contributed by atoms with van der Waals surface area (Å²) in [6, 6.07) is 13.8. The zero-order chi connectivity index (χ0) is 88.6. The van der Waals surface area contributed by atoms with E-state index in [9.17, 15) is 48.6 Å². The van der Waals surface area contributed by atoms with Gasteiger partial charge in [0.15, 0.2) is 39.6 Å². The standard InChI is InChI=1S/C87H126N10O20Si2/c1-23-38-114-82(104)92-74(54(5)6)78(100)88-56(9)76(98)90-62-34-30-60(31-35-62)50-96(84(106)107)68-46-72(70(110-17)44-66(68)80(102)94-48-58(25-3)42-64(94)52-116-118(19,20)86(11,12)13)112-40-28-27-29-41-113-73-47-69(67(45-71(73)111-18)81(103)95-49-59(26-4)43-65(95)53-117-119(21,22)87(14,15)16)97(85(108)109)51-61-32-36-63(37-33-61)91-77(99)57(10)89-79(101)75(55(7)8)93-83(105)115-39-24-2/h23-26,30-37,44-47,54-57,64-65,74-75H,1-2,27-29,38-43,48-53H2,3-22H3,(H,88,100)(H,89,101)(H,90,98)(H,91,99)(H,92,104)(H,93,105)(H,106,107)(H,108,109)/b58-25+,59-26+/t56-,57-,64-,65-,74-,75-/m0/s1. The number of unbranched alkanes of at least 4 members (excludes halogenated alkanes) is 2. The number of rotatable bonds is 40. The molecule has 32 heteroatoms. The topological polar surface area (TPSA) is 370 Å². The molecular formula is C87H126N10O20Si2. The van der Waals surface area contributed by atoms with Crippen LogP contribution < -0.4 is 60.6 Å². The van der Waals surface area contributed by atoms with E-state index in [-0.39, 0.29) is 145 Å². The van der Waals surface area contributed by atoms with Gasteiger partial charge < -0.3 is 89.2 Å². The smallest absolute Gasteiger partial charge is 0.412 e. The maximum atomic E-state index is 15.4. The van der Waals surface area contributed by atoms with Crippen LogP contribution >= 0.6 is 0 Å². The molecule has 6 atom stereocenters. The lowest BCUT2D eigenvalue weighted by Crippen LogP contribution is -2.53. The Bertz CT molecular complexity index is 4040. The fourth-order valence-electron chi connectivity index (χ4n) is 12.5. The molecule has 652 valence electrons. The molecule has 2 aliphatic heterocycles. The first-order chi connectivity index (χ1) is 55.9. The first kappa shape index (κ1) is 97.1. The summed E-state index contributed by atoms with van der Waals surface area (Å²) < 4.78 is 48.2. The number of methoxy groups -OCH3 is 2. The van der Waals surface area contributed by atoms with Gasteiger partial charge in [-0.3, -0.25) is 38.6 Å². The highest BCUT2D eigenvalue weighted by Crippen LogP contribution is 2.43. The molecule has 2 heterocycles. The number of allylic oxidation sites excluding steroid dienone is 2. The third-order valence-corrected chi connectivity index (χ3v) is 31.0. The second-order valence-electron chi connectivity index (χ2n) is 33.5. The maximum absolute atomic E-state index is 15.4. The number of nitrogens with zero attached hydrogens (tertiary/aromatic N) is 4. The van der Waals surface area contributed by atoms with Crippen molar-refractivity contribution in [2.24, 2.45) is 11.8 Å². The molecule has 2 fully saturated rings. The van der Waals surface area contributed by atoms with Gasteiger partial charge in [-0.2, -0.15) is 0 Å². The van der Waals surface area contributed by atoms with Gasteiger partial charge in [-0.15, -0.1) is 0 Å². The molecule has 0 aliphatic carbocycles. The van der Waals surface area contributed by atoms with Crippen molar-refractivity contribution in [1.82, 2.24) is 31.1 Å². The summed E-state index contributed by atoms with van der Waals surface area (Å²) in [5.41, 5.74) is 3.66. The molecule has 0 saturated carbocycles. The van der Waals surface area contributed by atoms with E-state index in [4.69, 9.17) is 37.3 Å². The summed E-state index contributed by atoms with van der Waals surface area (Å²) in [4.78, 5) is 142. The summed E-state index contributed by atoms with van der Waals surface area (Å²) in [6.45, 7) is 42.7. The Kier molecular flexibility index (Phi) is 35.8. The molecule has 4 aromatic rings. The van der Waals surface area contributed by atoms with Crippen molar-refractivity contribution in [1.29, 1.82) is 0 Å². The van der Waals surface area contributed by atoms with Gasteiger partial charge in [-0.05, 0) is 155 Å². The highest BCUT2D eigenvalue weighted by atomic mass is 28.4. The Labute approximate surface area is 702 Å². The van der Waals surface area contributed by atoms with Crippen LogP contribution in [0, 0.1) is 11.8 Å². The van der Waals surface area contributed by atoms with E-state index in [1.165, 1.54) is 64.5 Å². The predicted octanol–water partition coefficient (Wildman–Crippen LogP) is 14.8. The number of alkyl carbamates (subject to hydrolysis) is 2. The van der Waals surface area contributed by atoms with E-state index >= 15 is 9.59 Å². The minimum absolute atomic E-state index is 0.00254. The normalized spacial score (nSPS) is 16.0. The van der Waals surface area contributed by atoms with Gasteiger partial charge in [0.2, 0.25) is 23.6 Å². The molecule has 0 radical (unpaired) electrons. The van der Waals surface area contributed by atoms with Crippen molar-refractivity contribution >= 4 is 99.2 Å². The molecule has 0 bridgehead atoms. The highest BCUT2D eigenvalue weighted by molar-refractivity contribution is 6.74. The van der Waals surface area contributed by atoms with Gasteiger partial charge in [0.05, 0.1) is 88.3 Å². The van der Waals surface area contributed by atoms with Crippen LogP contribution in [0.4, 0.5) is 41.9 Å². The molecular weight excluding hydrogens is 1560 g/mol. The first-order valence-corrected chi connectivity index (χ1v) is 46.1. The maximum Gasteiger partial charge on any atom is 0.412 e. The summed E-state index contributed by atoms with van der Waals surface area (Å²) in [5, 5.41) is 38.1. The lowest BCUT2D eigenvalue weighted by molar-refractivity contribution is -0.128. The quantitative estimate of drug-likeness (QED) is 0.0116. The highest BCUT2D eigenvalue weighted by Gasteiger charge is 2.44. The summed E-state index contributed by atoms with van der Waals surface area (Å²) in [5.74, 6) is -3.42. The van der Waals surface area contributed by atoms with Crippen LogP contribution in [0.5, 0.6) is 23.0 Å². The minimum atomic E-state index is -2.31. The Hall–Kier alpha value is -10.7. The van der Waals surface area contributed by atoms with Crippen molar-refractivity contribution in [3.05, 3.63) is 144 Å². The number of likely N-dealkylation sites (tertiary alicyclic amines) is 2. The van der Waals surface area contributed by atoms with E-state index in [1.807, 2.05) is 26.0 Å². The van der Waals surface area contributed by atoms with E-state index in [1.54, 1.807) is 86.0 Å². The van der Waals surface area contributed by atoms with Crippen molar-refractivity contribution < 1.29 is 95.4 Å². The number of hydrogen-bond donors (Lipinski definition) is 8. The molecule has 0 spiro atoms. The van der Waals surface area contributed by atoms with E-state index in [0.29, 0.717) is 54.6 Å². The summed E-state index contributed by atoms with van der Waals surface area (Å²) in [6.07, 6.45) is 4.72. The van der Waals surface area contributed by atoms with Gasteiger partial charge in [0, 0.05) is 36.6 Å². The van der Waals surface area contributed by atoms with Crippen molar-refractivity contribution in [3.8, 4) is 23.0 Å². The van der Waals surface area contributed by atoms with Gasteiger partial charge >= 0.3 is 24.4 Å². The van der Waals surface area contributed by atoms with Crippen molar-refractivity contribution in [2.75, 3.05) is 87.4 Å². The Balaban J connectivity index is 1.27. The Morgan fingerprint density at radius 1 is 0.513 bits per heavy atom. The minimum Gasteiger partial charge on any atom is -0.493 e. The van der Waals surface area contributed by atoms with Crippen LogP contribution in [0.25, 0.3) is 0 Å². The molecule has 0 aromatic heterocycles. The van der Waals surface area contributed by atoms with Crippen LogP contribution in [-0.2, 0) is 50.6 Å². The number of ether oxygens (including phenoxy) is 6. The van der Waals surface area contributed by atoms with E-state index in [2.05, 4.69) is 113 Å². The molecule has 8 N–H and O–H groups in total. The van der Waals surface area contributed by atoms with Crippen LogP contribution in [0.1, 0.15) is 161 Å². The lowest BCUT2D eigenvalue weighted by Gasteiger charge is -2.38. The third kappa shape index (κ3) is 27.2. The number of amides is 10. The van der Waals surface area contributed by atoms with Crippen molar-refractivity contribution in [3.63, 3.8) is 0 Å². The molecule has 30 nitrogen and oxygen atoms in total. The fraction of sp³-hybridized carbons (Fsp3) is 0.517. The second-order valence-corrected chi connectivity index (χ2v) is 43.1. The Morgan fingerprint density at radius 3 is 1.15 bits per heavy atom. The largest absolute Gasteiger partial charge is 0.493 e. The number of benzene rings is 4. The van der Waals surface area contributed by atoms with E-state index in [0.717, 1.165) is 20.9 Å². The van der Waals surface area contributed by atoms with Gasteiger partial charge in [-0.1, -0.05) is 142 Å². The molecule has 119 heavy (non-hydrogen) atoms. The summed E-state index contributed by atoms with van der Waals surface area (Å²) >= 11 is 0. The first-order valence-electron chi connectivity index (χ1n) is 40.3. The summed E-state index contributed by atoms with van der Waals surface area (Å²) in [7, 11) is -1.78. The molecule has 2 saturated heterocycles. The van der Waals surface area contributed by atoms with Gasteiger partial charge in [0.1, 0.15) is 37.4 Å². The molecule has 4 aromatic carbocycles. The zero-order valence-electron chi connectivity index (χ0n) is 72.9. The number of carbonyl (C=O) groups is 10. The molecule has 0 unspecified atom stereocenters. The third-order valence-electron chi connectivity index (χ3n) is 22.0. The molecule has 2 aliphatic rings. The zero-order valence-corrected chi connectivity index (χ0v) is 74.9. The fourth-order valence-corrected chi connectivity index (χ4v) is 14.6. The van der Waals surface area contributed by atoms with Crippen LogP contribution in [0.3, 0.4) is 0 Å². The number of carbonyl (C=O) groups excluding carboxylic acids is 8. The van der Waals surface area contributed by atoms with E-state index < -0.39 is 101 Å². The molecule has 6 rings (SSSR count).